The summed E-state index contributed by atoms with van der Waals surface area (Å²) in [6.45, 7) is 10.8. The highest BCUT2D eigenvalue weighted by atomic mass is 16.6. The molecule has 138 valence electrons. The summed E-state index contributed by atoms with van der Waals surface area (Å²) in [6.07, 6.45) is 2.99. The predicted octanol–water partition coefficient (Wildman–Crippen LogP) is 4.02. The van der Waals surface area contributed by atoms with Gasteiger partial charge in [0.25, 0.3) is 0 Å². The summed E-state index contributed by atoms with van der Waals surface area (Å²) in [7, 11) is 0. The molecular formula is C20H29NO4. The van der Waals surface area contributed by atoms with Crippen molar-refractivity contribution < 1.29 is 19.1 Å². The van der Waals surface area contributed by atoms with Crippen LogP contribution in [0.3, 0.4) is 0 Å². The lowest BCUT2D eigenvalue weighted by atomic mass is 10.1. The first-order chi connectivity index (χ1) is 11.4. The molecule has 0 saturated carbocycles. The second-order valence-electron chi connectivity index (χ2n) is 7.84. The molecule has 1 aromatic carbocycles. The van der Waals surface area contributed by atoms with Crippen molar-refractivity contribution in [3.05, 3.63) is 48.0 Å². The molecule has 0 aliphatic rings. The molecule has 0 aliphatic carbocycles. The van der Waals surface area contributed by atoms with Crippen molar-refractivity contribution in [3.8, 4) is 0 Å². The molecular weight excluding hydrogens is 318 g/mol. The van der Waals surface area contributed by atoms with Crippen LogP contribution in [0.15, 0.2) is 42.5 Å². The van der Waals surface area contributed by atoms with Crippen molar-refractivity contribution in [2.45, 2.75) is 65.2 Å². The van der Waals surface area contributed by atoms with Crippen molar-refractivity contribution in [2.24, 2.45) is 0 Å². The fourth-order valence-electron chi connectivity index (χ4n) is 2.02. The Labute approximate surface area is 150 Å². The van der Waals surface area contributed by atoms with Crippen molar-refractivity contribution in [2.75, 3.05) is 0 Å². The van der Waals surface area contributed by atoms with E-state index < -0.39 is 23.3 Å². The summed E-state index contributed by atoms with van der Waals surface area (Å²) in [6, 6.07) is 9.33. The number of benzene rings is 1. The van der Waals surface area contributed by atoms with E-state index in [-0.39, 0.29) is 6.04 Å². The molecule has 1 atom stereocenters. The van der Waals surface area contributed by atoms with Gasteiger partial charge in [-0.2, -0.15) is 0 Å². The van der Waals surface area contributed by atoms with E-state index in [9.17, 15) is 9.59 Å². The van der Waals surface area contributed by atoms with Gasteiger partial charge in [0, 0.05) is 6.08 Å². The van der Waals surface area contributed by atoms with Crippen LogP contribution in [-0.4, -0.2) is 29.3 Å². The Hall–Kier alpha value is -2.30. The number of amides is 1. The number of carbonyl (C=O) groups is 2. The van der Waals surface area contributed by atoms with Gasteiger partial charge >= 0.3 is 12.1 Å². The van der Waals surface area contributed by atoms with Crippen LogP contribution >= 0.6 is 0 Å². The van der Waals surface area contributed by atoms with Crippen LogP contribution in [0.2, 0.25) is 0 Å². The van der Waals surface area contributed by atoms with Crippen LogP contribution in [0.25, 0.3) is 0 Å². The SMILES string of the molecule is CC(C)(C)OC(=O)/C=C/[C@@H](Cc1ccccc1)NC(=O)OC(C)(C)C. The van der Waals surface area contributed by atoms with Crippen molar-refractivity contribution in [3.63, 3.8) is 0 Å². The zero-order valence-electron chi connectivity index (χ0n) is 16.0. The molecule has 0 bridgehead atoms. The van der Waals surface area contributed by atoms with Gasteiger partial charge in [0.2, 0.25) is 0 Å². The number of carbonyl (C=O) groups excluding carboxylic acids is 2. The van der Waals surface area contributed by atoms with E-state index in [4.69, 9.17) is 9.47 Å². The van der Waals surface area contributed by atoms with Gasteiger partial charge in [-0.05, 0) is 53.5 Å². The fraction of sp³-hybridized carbons (Fsp3) is 0.500. The molecule has 1 N–H and O–H groups in total. The van der Waals surface area contributed by atoms with E-state index in [0.29, 0.717) is 6.42 Å². The van der Waals surface area contributed by atoms with Crippen LogP contribution < -0.4 is 5.32 Å². The second-order valence-corrected chi connectivity index (χ2v) is 7.84. The van der Waals surface area contributed by atoms with Gasteiger partial charge in [0.15, 0.2) is 0 Å². The van der Waals surface area contributed by atoms with Gasteiger partial charge in [0.05, 0.1) is 6.04 Å². The van der Waals surface area contributed by atoms with Gasteiger partial charge < -0.3 is 14.8 Å². The van der Waals surface area contributed by atoms with E-state index >= 15 is 0 Å². The van der Waals surface area contributed by atoms with E-state index in [0.717, 1.165) is 5.56 Å². The van der Waals surface area contributed by atoms with E-state index in [1.54, 1.807) is 47.6 Å². The van der Waals surface area contributed by atoms with E-state index in [2.05, 4.69) is 5.32 Å². The number of hydrogen-bond acceptors (Lipinski definition) is 4. The third kappa shape index (κ3) is 10.2. The third-order valence-electron chi connectivity index (χ3n) is 2.87. The van der Waals surface area contributed by atoms with Gasteiger partial charge in [-0.25, -0.2) is 9.59 Å². The molecule has 25 heavy (non-hydrogen) atoms. The molecule has 0 saturated heterocycles. The topological polar surface area (TPSA) is 64.6 Å². The lowest BCUT2D eigenvalue weighted by Gasteiger charge is -2.22. The average molecular weight is 347 g/mol. The molecule has 0 aromatic heterocycles. The summed E-state index contributed by atoms with van der Waals surface area (Å²) >= 11 is 0. The Morgan fingerprint density at radius 1 is 1.00 bits per heavy atom. The van der Waals surface area contributed by atoms with Crippen LogP contribution in [0.1, 0.15) is 47.1 Å². The number of alkyl carbamates (subject to hydrolysis) is 1. The highest BCUT2D eigenvalue weighted by molar-refractivity contribution is 5.82. The van der Waals surface area contributed by atoms with Crippen molar-refractivity contribution in [1.29, 1.82) is 0 Å². The number of esters is 1. The zero-order chi connectivity index (χ0) is 19.1. The molecule has 0 spiro atoms. The molecule has 5 heteroatoms. The smallest absolute Gasteiger partial charge is 0.408 e. The molecule has 0 fully saturated rings. The minimum atomic E-state index is -0.587. The van der Waals surface area contributed by atoms with Gasteiger partial charge in [-0.15, -0.1) is 0 Å². The summed E-state index contributed by atoms with van der Waals surface area (Å²) in [4.78, 5) is 23.9. The monoisotopic (exact) mass is 347 g/mol. The Kier molecular flexibility index (Phi) is 7.22. The summed E-state index contributed by atoms with van der Waals surface area (Å²) < 4.78 is 10.5. The Morgan fingerprint density at radius 3 is 2.08 bits per heavy atom. The summed E-state index contributed by atoms with van der Waals surface area (Å²) in [5.41, 5.74) is -0.108. The van der Waals surface area contributed by atoms with Gasteiger partial charge in [-0.1, -0.05) is 36.4 Å². The van der Waals surface area contributed by atoms with Crippen LogP contribution in [-0.2, 0) is 20.7 Å². The Morgan fingerprint density at radius 2 is 1.56 bits per heavy atom. The lowest BCUT2D eigenvalue weighted by molar-refractivity contribution is -0.148. The highest BCUT2D eigenvalue weighted by Crippen LogP contribution is 2.10. The fourth-order valence-corrected chi connectivity index (χ4v) is 2.02. The standard InChI is InChI=1S/C20H29NO4/c1-19(2,3)24-17(22)13-12-16(14-15-10-8-7-9-11-15)21-18(23)25-20(4,5)6/h7-13,16H,14H2,1-6H3,(H,21,23)/b13-12+/t16-/m0/s1. The van der Waals surface area contributed by atoms with Crippen LogP contribution in [0.4, 0.5) is 4.79 Å². The molecule has 0 radical (unpaired) electrons. The largest absolute Gasteiger partial charge is 0.457 e. The van der Waals surface area contributed by atoms with Gasteiger partial charge in [-0.3, -0.25) is 0 Å². The quantitative estimate of drug-likeness (QED) is 0.645. The Balaban J connectivity index is 2.80. The van der Waals surface area contributed by atoms with Crippen LogP contribution in [0.5, 0.6) is 0 Å². The van der Waals surface area contributed by atoms with Crippen LogP contribution in [0, 0.1) is 0 Å². The summed E-state index contributed by atoms with van der Waals surface area (Å²) in [5, 5.41) is 2.78. The molecule has 5 nitrogen and oxygen atoms in total. The minimum Gasteiger partial charge on any atom is -0.457 e. The number of ether oxygens (including phenoxy) is 2. The molecule has 1 rings (SSSR count). The molecule has 1 amide bonds. The van der Waals surface area contributed by atoms with Crippen molar-refractivity contribution >= 4 is 12.1 Å². The number of nitrogens with one attached hydrogen (secondary N) is 1. The third-order valence-corrected chi connectivity index (χ3v) is 2.87. The normalized spacial score (nSPS) is 13.4. The highest BCUT2D eigenvalue weighted by Gasteiger charge is 2.19. The van der Waals surface area contributed by atoms with Crippen molar-refractivity contribution in [1.82, 2.24) is 5.32 Å². The minimum absolute atomic E-state index is 0.384. The maximum absolute atomic E-state index is 12.0. The molecule has 0 heterocycles. The number of hydrogen-bond donors (Lipinski definition) is 1. The van der Waals surface area contributed by atoms with E-state index in [1.165, 1.54) is 6.08 Å². The molecule has 0 aliphatic heterocycles. The number of rotatable bonds is 5. The maximum Gasteiger partial charge on any atom is 0.408 e. The first kappa shape index (κ1) is 20.7. The van der Waals surface area contributed by atoms with E-state index in [1.807, 2.05) is 30.3 Å². The summed E-state index contributed by atoms with van der Waals surface area (Å²) in [5.74, 6) is -0.448. The zero-order valence-corrected chi connectivity index (χ0v) is 16.0. The lowest BCUT2D eigenvalue weighted by Crippen LogP contribution is -2.39. The van der Waals surface area contributed by atoms with Gasteiger partial charge in [0.1, 0.15) is 11.2 Å². The average Bonchev–Trinajstić information content (AvgIpc) is 2.42. The first-order valence-electron chi connectivity index (χ1n) is 8.39. The Bertz CT molecular complexity index is 594. The predicted molar refractivity (Wildman–Crippen MR) is 98.3 cm³/mol. The maximum atomic E-state index is 12.0. The first-order valence-corrected chi connectivity index (χ1v) is 8.39. The second kappa shape index (κ2) is 8.70. The molecule has 0 unspecified atom stereocenters. The molecule has 1 aromatic rings.